The van der Waals surface area contributed by atoms with Crippen LogP contribution in [0.4, 0.5) is 26.3 Å². The molecule has 0 fully saturated rings. The Morgan fingerprint density at radius 2 is 1.32 bits per heavy atom. The van der Waals surface area contributed by atoms with Crippen LogP contribution in [0, 0.1) is 17.5 Å². The van der Waals surface area contributed by atoms with Crippen LogP contribution in [0.5, 0.6) is 5.75 Å². The fraction of sp³-hybridized carbons (Fsp3) is 0.290. The first-order valence-electron chi connectivity index (χ1n) is 12.6. The summed E-state index contributed by atoms with van der Waals surface area (Å²) in [5, 5.41) is 1.15. The van der Waals surface area contributed by atoms with Gasteiger partial charge in [-0.2, -0.15) is 13.2 Å². The van der Waals surface area contributed by atoms with Gasteiger partial charge in [-0.1, -0.05) is 55.8 Å². The van der Waals surface area contributed by atoms with Gasteiger partial charge < -0.3 is 4.74 Å². The van der Waals surface area contributed by atoms with Crippen LogP contribution in [0.1, 0.15) is 47.6 Å². The van der Waals surface area contributed by atoms with Crippen molar-refractivity contribution in [3.63, 3.8) is 0 Å². The van der Waals surface area contributed by atoms with E-state index in [0.29, 0.717) is 29.7 Å². The van der Waals surface area contributed by atoms with Crippen LogP contribution >= 0.6 is 0 Å². The maximum atomic E-state index is 15.2. The molecule has 0 spiro atoms. The van der Waals surface area contributed by atoms with Crippen LogP contribution in [0.25, 0.3) is 10.8 Å². The first-order chi connectivity index (χ1) is 18.2. The van der Waals surface area contributed by atoms with Crippen LogP contribution in [-0.2, 0) is 31.9 Å². The lowest BCUT2D eigenvalue weighted by atomic mass is 9.97. The molecule has 0 aliphatic rings. The Morgan fingerprint density at radius 3 is 1.97 bits per heavy atom. The minimum absolute atomic E-state index is 0.00504. The van der Waals surface area contributed by atoms with Gasteiger partial charge in [-0.3, -0.25) is 0 Å². The Morgan fingerprint density at radius 1 is 0.684 bits per heavy atom. The van der Waals surface area contributed by atoms with Gasteiger partial charge in [-0.25, -0.2) is 13.2 Å². The Balaban J connectivity index is 1.40. The van der Waals surface area contributed by atoms with Crippen molar-refractivity contribution in [1.29, 1.82) is 0 Å². The van der Waals surface area contributed by atoms with Crippen LogP contribution in [0.15, 0.2) is 66.7 Å². The standard InChI is InChI=1S/C31H28F6O/c1-2-3-16-38-25-13-7-20(8-14-25)4-5-21-9-15-26-24(17-21)12-11-23(30(26)34)10-6-22-18-27(32)29(28(33)19-22)31(35,36)37/h7-9,11-15,17-19H,2-6,10,16H2,1H3. The van der Waals surface area contributed by atoms with Crippen LogP contribution in [0.2, 0.25) is 0 Å². The molecule has 0 aliphatic carbocycles. The Kier molecular flexibility index (Phi) is 8.65. The predicted molar refractivity (Wildman–Crippen MR) is 137 cm³/mol. The van der Waals surface area contributed by atoms with Crippen molar-refractivity contribution in [1.82, 2.24) is 0 Å². The summed E-state index contributed by atoms with van der Waals surface area (Å²) in [5.41, 5.74) is 0.673. The molecule has 0 unspecified atom stereocenters. The number of hydrogen-bond donors (Lipinski definition) is 0. The fourth-order valence-electron chi connectivity index (χ4n) is 4.43. The Bertz CT molecular complexity index is 1370. The molecule has 0 aromatic heterocycles. The largest absolute Gasteiger partial charge is 0.494 e. The average molecular weight is 531 g/mol. The molecular weight excluding hydrogens is 502 g/mol. The van der Waals surface area contributed by atoms with E-state index < -0.39 is 29.2 Å². The number of fused-ring (bicyclic) bond motifs is 1. The van der Waals surface area contributed by atoms with Gasteiger partial charge in [0.1, 0.15) is 28.8 Å². The molecule has 0 bridgehead atoms. The molecule has 0 saturated carbocycles. The SMILES string of the molecule is CCCCOc1ccc(CCc2ccc3c(F)c(CCc4cc(F)c(C(F)(F)F)c(F)c4)ccc3c2)cc1. The zero-order valence-corrected chi connectivity index (χ0v) is 21.0. The Hall–Kier alpha value is -3.48. The third kappa shape index (κ3) is 6.69. The monoisotopic (exact) mass is 530 g/mol. The molecule has 0 atom stereocenters. The minimum Gasteiger partial charge on any atom is -0.494 e. The van der Waals surface area contributed by atoms with E-state index in [2.05, 4.69) is 6.92 Å². The van der Waals surface area contributed by atoms with Gasteiger partial charge in [0.15, 0.2) is 0 Å². The molecule has 4 aromatic rings. The van der Waals surface area contributed by atoms with Gasteiger partial charge in [-0.15, -0.1) is 0 Å². The van der Waals surface area contributed by atoms with E-state index in [1.165, 1.54) is 5.56 Å². The van der Waals surface area contributed by atoms with Gasteiger partial charge in [0.05, 0.1) is 6.61 Å². The average Bonchev–Trinajstić information content (AvgIpc) is 2.87. The molecule has 1 nitrogen and oxygen atoms in total. The Labute approximate surface area is 218 Å². The zero-order chi connectivity index (χ0) is 27.3. The highest BCUT2D eigenvalue weighted by atomic mass is 19.4. The smallest absolute Gasteiger partial charge is 0.422 e. The summed E-state index contributed by atoms with van der Waals surface area (Å²) in [7, 11) is 0. The minimum atomic E-state index is -5.12. The number of unbranched alkanes of at least 4 members (excludes halogenated alkanes) is 1. The van der Waals surface area contributed by atoms with Crippen molar-refractivity contribution >= 4 is 10.8 Å². The lowest BCUT2D eigenvalue weighted by Crippen LogP contribution is -2.12. The van der Waals surface area contributed by atoms with E-state index in [9.17, 15) is 22.0 Å². The maximum Gasteiger partial charge on any atom is 0.422 e. The van der Waals surface area contributed by atoms with Gasteiger partial charge in [0.2, 0.25) is 0 Å². The molecule has 200 valence electrons. The molecule has 38 heavy (non-hydrogen) atoms. The van der Waals surface area contributed by atoms with Crippen LogP contribution in [0.3, 0.4) is 0 Å². The van der Waals surface area contributed by atoms with Gasteiger partial charge in [-0.05, 0) is 84.0 Å². The number of alkyl halides is 3. The number of ether oxygens (including phenoxy) is 1. The number of benzene rings is 4. The topological polar surface area (TPSA) is 9.23 Å². The second-order valence-electron chi connectivity index (χ2n) is 9.37. The quantitative estimate of drug-likeness (QED) is 0.147. The molecule has 0 amide bonds. The van der Waals surface area contributed by atoms with E-state index in [0.717, 1.165) is 42.4 Å². The van der Waals surface area contributed by atoms with Crippen molar-refractivity contribution in [2.45, 2.75) is 51.6 Å². The van der Waals surface area contributed by atoms with Gasteiger partial charge in [0, 0.05) is 5.39 Å². The van der Waals surface area contributed by atoms with Crippen molar-refractivity contribution in [3.8, 4) is 5.75 Å². The first-order valence-corrected chi connectivity index (χ1v) is 12.6. The first kappa shape index (κ1) is 27.6. The van der Waals surface area contributed by atoms with Crippen molar-refractivity contribution in [2.24, 2.45) is 0 Å². The molecule has 7 heteroatoms. The summed E-state index contributed by atoms with van der Waals surface area (Å²) in [6.07, 6.45) is -1.34. The summed E-state index contributed by atoms with van der Waals surface area (Å²) in [4.78, 5) is 0. The van der Waals surface area contributed by atoms with E-state index in [-0.39, 0.29) is 18.4 Å². The fourth-order valence-corrected chi connectivity index (χ4v) is 4.43. The lowest BCUT2D eigenvalue weighted by molar-refractivity contribution is -0.142. The van der Waals surface area contributed by atoms with Gasteiger partial charge >= 0.3 is 6.18 Å². The summed E-state index contributed by atoms with van der Waals surface area (Å²) in [6, 6.07) is 18.3. The molecular formula is C31H28F6O. The van der Waals surface area contributed by atoms with Crippen molar-refractivity contribution < 1.29 is 31.1 Å². The highest BCUT2D eigenvalue weighted by Gasteiger charge is 2.37. The third-order valence-corrected chi connectivity index (χ3v) is 6.56. The summed E-state index contributed by atoms with van der Waals surface area (Å²) < 4.78 is 86.9. The van der Waals surface area contributed by atoms with Gasteiger partial charge in [0.25, 0.3) is 0 Å². The second kappa shape index (κ2) is 11.9. The molecule has 0 aliphatic heterocycles. The molecule has 0 saturated heterocycles. The van der Waals surface area contributed by atoms with Crippen molar-refractivity contribution in [3.05, 3.63) is 112 Å². The van der Waals surface area contributed by atoms with Crippen LogP contribution in [-0.4, -0.2) is 6.61 Å². The molecule has 0 heterocycles. The van der Waals surface area contributed by atoms with Crippen molar-refractivity contribution in [2.75, 3.05) is 6.61 Å². The molecule has 0 radical (unpaired) electrons. The predicted octanol–water partition coefficient (Wildman–Crippen LogP) is 9.03. The summed E-state index contributed by atoms with van der Waals surface area (Å²) in [6.45, 7) is 2.82. The molecule has 0 N–H and O–H groups in total. The molecule has 4 rings (SSSR count). The maximum absolute atomic E-state index is 15.2. The number of rotatable bonds is 10. The number of aryl methyl sites for hydroxylation is 4. The normalized spacial score (nSPS) is 11.8. The van der Waals surface area contributed by atoms with E-state index >= 15 is 4.39 Å². The zero-order valence-electron chi connectivity index (χ0n) is 21.0. The highest BCUT2D eigenvalue weighted by molar-refractivity contribution is 5.84. The van der Waals surface area contributed by atoms with E-state index in [4.69, 9.17) is 4.74 Å². The van der Waals surface area contributed by atoms with E-state index in [1.807, 2.05) is 36.4 Å². The number of halogens is 6. The molecule has 4 aromatic carbocycles. The lowest BCUT2D eigenvalue weighted by Gasteiger charge is -2.12. The third-order valence-electron chi connectivity index (χ3n) is 6.56. The highest BCUT2D eigenvalue weighted by Crippen LogP contribution is 2.34. The van der Waals surface area contributed by atoms with E-state index in [1.54, 1.807) is 18.2 Å². The summed E-state index contributed by atoms with van der Waals surface area (Å²) >= 11 is 0. The van der Waals surface area contributed by atoms with Crippen LogP contribution < -0.4 is 4.74 Å². The summed E-state index contributed by atoms with van der Waals surface area (Å²) in [5.74, 6) is -2.93. The number of hydrogen-bond acceptors (Lipinski definition) is 1. The second-order valence-corrected chi connectivity index (χ2v) is 9.37.